The van der Waals surface area contributed by atoms with Gasteiger partial charge in [0, 0.05) is 18.3 Å². The predicted octanol–water partition coefficient (Wildman–Crippen LogP) is 2.86. The molecule has 2 heterocycles. The van der Waals surface area contributed by atoms with Crippen molar-refractivity contribution in [2.75, 3.05) is 13.2 Å². The van der Waals surface area contributed by atoms with E-state index in [9.17, 15) is 24.0 Å². The summed E-state index contributed by atoms with van der Waals surface area (Å²) in [6, 6.07) is 8.76. The number of rotatable bonds is 10. The Kier molecular flexibility index (Phi) is 7.75. The number of benzene rings is 1. The van der Waals surface area contributed by atoms with E-state index in [0.29, 0.717) is 17.8 Å². The van der Waals surface area contributed by atoms with Crippen LogP contribution >= 0.6 is 11.3 Å². The maximum absolute atomic E-state index is 12.9. The number of amides is 3. The minimum atomic E-state index is -1.11. The third-order valence-corrected chi connectivity index (χ3v) is 6.32. The van der Waals surface area contributed by atoms with Crippen LogP contribution in [-0.2, 0) is 20.7 Å². The Hall–Kier alpha value is -3.33. The molecule has 0 fully saturated rings. The lowest BCUT2D eigenvalue weighted by Gasteiger charge is -2.25. The molecule has 1 N–H and O–H groups in total. The van der Waals surface area contributed by atoms with Crippen LogP contribution in [0.4, 0.5) is 0 Å². The molecule has 174 valence electrons. The van der Waals surface area contributed by atoms with Crippen molar-refractivity contribution >= 4 is 40.8 Å². The van der Waals surface area contributed by atoms with Gasteiger partial charge >= 0.3 is 5.97 Å². The summed E-state index contributed by atoms with van der Waals surface area (Å²) in [5.74, 6) is -2.34. The maximum atomic E-state index is 12.9. The first kappa shape index (κ1) is 24.3. The molecule has 1 unspecified atom stereocenters. The van der Waals surface area contributed by atoms with E-state index >= 15 is 0 Å². The summed E-state index contributed by atoms with van der Waals surface area (Å²) in [6.07, 6.45) is 0.818. The normalized spacial score (nSPS) is 13.8. The van der Waals surface area contributed by atoms with E-state index < -0.39 is 30.4 Å². The molecular weight excluding hydrogens is 444 g/mol. The van der Waals surface area contributed by atoms with Crippen LogP contribution in [0, 0.1) is 5.92 Å². The number of thiophene rings is 1. The summed E-state index contributed by atoms with van der Waals surface area (Å²) in [6.45, 7) is 5.17. The lowest BCUT2D eigenvalue weighted by Crippen LogP contribution is -2.46. The molecule has 3 rings (SSSR count). The zero-order valence-corrected chi connectivity index (χ0v) is 19.6. The highest BCUT2D eigenvalue weighted by Crippen LogP contribution is 2.27. The fraction of sp³-hybridized carbons (Fsp3) is 0.375. The van der Waals surface area contributed by atoms with Crippen LogP contribution in [-0.4, -0.2) is 53.6 Å². The van der Waals surface area contributed by atoms with Crippen molar-refractivity contribution in [2.24, 2.45) is 5.92 Å². The quantitative estimate of drug-likeness (QED) is 0.325. The fourth-order valence-electron chi connectivity index (χ4n) is 3.57. The van der Waals surface area contributed by atoms with E-state index in [4.69, 9.17) is 4.74 Å². The van der Waals surface area contributed by atoms with Gasteiger partial charge in [-0.1, -0.05) is 26.0 Å². The molecule has 0 saturated carbocycles. The molecule has 3 amide bonds. The third-order valence-electron chi connectivity index (χ3n) is 5.13. The topological polar surface area (TPSA) is 110 Å². The van der Waals surface area contributed by atoms with Crippen LogP contribution in [0.25, 0.3) is 0 Å². The molecule has 0 radical (unpaired) electrons. The molecule has 2 aromatic rings. The van der Waals surface area contributed by atoms with Crippen LogP contribution in [0.1, 0.15) is 62.5 Å². The molecule has 8 nitrogen and oxygen atoms in total. The molecule has 1 aromatic heterocycles. The largest absolute Gasteiger partial charge is 0.456 e. The summed E-state index contributed by atoms with van der Waals surface area (Å²) < 4.78 is 5.27. The number of carbonyl (C=O) groups is 5. The van der Waals surface area contributed by atoms with E-state index in [2.05, 4.69) is 5.32 Å². The molecule has 1 atom stereocenters. The van der Waals surface area contributed by atoms with Crippen LogP contribution in [0.15, 0.2) is 36.4 Å². The van der Waals surface area contributed by atoms with Crippen molar-refractivity contribution < 1.29 is 28.7 Å². The summed E-state index contributed by atoms with van der Waals surface area (Å²) in [5.41, 5.74) is 0.510. The lowest BCUT2D eigenvalue weighted by molar-refractivity contribution is -0.147. The van der Waals surface area contributed by atoms with Crippen LogP contribution in [0.3, 0.4) is 0 Å². The molecule has 1 aliphatic heterocycles. The van der Waals surface area contributed by atoms with Gasteiger partial charge in [-0.05, 0) is 43.0 Å². The van der Waals surface area contributed by atoms with E-state index in [1.807, 2.05) is 13.8 Å². The second kappa shape index (κ2) is 10.5. The van der Waals surface area contributed by atoms with Gasteiger partial charge in [0.15, 0.2) is 6.61 Å². The summed E-state index contributed by atoms with van der Waals surface area (Å²) in [5, 5.41) is 2.69. The molecule has 9 heteroatoms. The number of carbonyl (C=O) groups excluding carboxylic acids is 5. The van der Waals surface area contributed by atoms with Crippen molar-refractivity contribution in [2.45, 2.75) is 39.7 Å². The molecular formula is C24H26N2O6S. The van der Waals surface area contributed by atoms with E-state index in [1.165, 1.54) is 18.3 Å². The molecule has 0 saturated heterocycles. The molecule has 0 bridgehead atoms. The van der Waals surface area contributed by atoms with Crippen molar-refractivity contribution in [1.29, 1.82) is 0 Å². The molecule has 33 heavy (non-hydrogen) atoms. The Morgan fingerprint density at radius 3 is 2.24 bits per heavy atom. The average molecular weight is 471 g/mol. The number of esters is 1. The Morgan fingerprint density at radius 1 is 1.03 bits per heavy atom. The van der Waals surface area contributed by atoms with Gasteiger partial charge in [0.1, 0.15) is 6.04 Å². The van der Waals surface area contributed by atoms with Crippen molar-refractivity contribution in [3.63, 3.8) is 0 Å². The zero-order chi connectivity index (χ0) is 24.1. The Morgan fingerprint density at radius 2 is 1.67 bits per heavy atom. The Labute approximate surface area is 195 Å². The number of hydrogen-bond acceptors (Lipinski definition) is 7. The van der Waals surface area contributed by atoms with Gasteiger partial charge < -0.3 is 10.1 Å². The highest BCUT2D eigenvalue weighted by Gasteiger charge is 2.43. The molecule has 0 spiro atoms. The highest BCUT2D eigenvalue weighted by atomic mass is 32.1. The van der Waals surface area contributed by atoms with Gasteiger partial charge in [-0.25, -0.2) is 4.79 Å². The van der Waals surface area contributed by atoms with Gasteiger partial charge in [0.05, 0.1) is 16.0 Å². The van der Waals surface area contributed by atoms with E-state index in [-0.39, 0.29) is 35.2 Å². The number of nitrogens with zero attached hydrogens (tertiary/aromatic N) is 1. The molecule has 0 aliphatic carbocycles. The maximum Gasteiger partial charge on any atom is 0.329 e. The average Bonchev–Trinajstić information content (AvgIpc) is 3.33. The lowest BCUT2D eigenvalue weighted by atomic mass is 10.0. The molecule has 1 aromatic carbocycles. The predicted molar refractivity (Wildman–Crippen MR) is 122 cm³/mol. The monoisotopic (exact) mass is 470 g/mol. The van der Waals surface area contributed by atoms with Crippen molar-refractivity contribution in [3.8, 4) is 0 Å². The standard InChI is InChI=1S/C24H26N2O6S/c1-14(2)12-19(26-22(29)17-6-4-5-7-18(17)23(26)30)24(31)32-13-20(28)21-9-8-16(33-21)10-11-25-15(3)27/h4-9,14,19H,10-13H2,1-3H3,(H,25,27). The highest BCUT2D eigenvalue weighted by molar-refractivity contribution is 7.14. The minimum absolute atomic E-state index is 0.00558. The van der Waals surface area contributed by atoms with Crippen LogP contribution in [0.5, 0.6) is 0 Å². The van der Waals surface area contributed by atoms with Crippen molar-refractivity contribution in [1.82, 2.24) is 10.2 Å². The first-order valence-corrected chi connectivity index (χ1v) is 11.5. The fourth-order valence-corrected chi connectivity index (χ4v) is 4.50. The Bertz CT molecular complexity index is 1060. The van der Waals surface area contributed by atoms with Gasteiger partial charge in [-0.3, -0.25) is 24.1 Å². The van der Waals surface area contributed by atoms with Gasteiger partial charge in [0.2, 0.25) is 11.7 Å². The number of imide groups is 1. The SMILES string of the molecule is CC(=O)NCCc1ccc(C(=O)COC(=O)C(CC(C)C)N2C(=O)c3ccccc3C2=O)s1. The van der Waals surface area contributed by atoms with Gasteiger partial charge in [0.25, 0.3) is 11.8 Å². The smallest absolute Gasteiger partial charge is 0.329 e. The number of nitrogens with one attached hydrogen (secondary N) is 1. The first-order chi connectivity index (χ1) is 15.7. The second-order valence-corrected chi connectivity index (χ2v) is 9.37. The second-order valence-electron chi connectivity index (χ2n) is 8.20. The number of hydrogen-bond donors (Lipinski definition) is 1. The summed E-state index contributed by atoms with van der Waals surface area (Å²) >= 11 is 1.27. The summed E-state index contributed by atoms with van der Waals surface area (Å²) in [7, 11) is 0. The number of ketones is 1. The minimum Gasteiger partial charge on any atom is -0.456 e. The first-order valence-electron chi connectivity index (χ1n) is 10.7. The Balaban J connectivity index is 1.65. The van der Waals surface area contributed by atoms with Gasteiger partial charge in [-0.15, -0.1) is 11.3 Å². The molecule has 1 aliphatic rings. The number of ether oxygens (including phenoxy) is 1. The van der Waals surface area contributed by atoms with Crippen LogP contribution < -0.4 is 5.32 Å². The number of fused-ring (bicyclic) bond motifs is 1. The van der Waals surface area contributed by atoms with Crippen molar-refractivity contribution in [3.05, 3.63) is 57.3 Å². The van der Waals surface area contributed by atoms with Crippen LogP contribution in [0.2, 0.25) is 0 Å². The summed E-state index contributed by atoms with van der Waals surface area (Å²) in [4.78, 5) is 64.4. The zero-order valence-electron chi connectivity index (χ0n) is 18.8. The number of Topliss-reactive ketones (excluding diaryl/α,β-unsaturated/α-hetero) is 1. The van der Waals surface area contributed by atoms with Gasteiger partial charge in [-0.2, -0.15) is 0 Å². The third kappa shape index (κ3) is 5.73. The van der Waals surface area contributed by atoms with E-state index in [0.717, 1.165) is 9.78 Å². The van der Waals surface area contributed by atoms with E-state index in [1.54, 1.807) is 36.4 Å².